The number of pyridine rings is 1. The molecule has 10 heteroatoms. The van der Waals surface area contributed by atoms with Gasteiger partial charge in [0.05, 0.1) is 5.56 Å². The van der Waals surface area contributed by atoms with Crippen LogP contribution >= 0.6 is 11.8 Å². The summed E-state index contributed by atoms with van der Waals surface area (Å²) in [5.41, 5.74) is 3.34. The molecule has 0 radical (unpaired) electrons. The summed E-state index contributed by atoms with van der Waals surface area (Å²) in [5, 5.41) is 9.56. The second-order valence-corrected chi connectivity index (χ2v) is 9.21. The van der Waals surface area contributed by atoms with Gasteiger partial charge in [-0.2, -0.15) is 20.2 Å². The normalized spacial score (nSPS) is 10.9. The Morgan fingerprint density at radius 3 is 2.47 bits per heavy atom. The summed E-state index contributed by atoms with van der Waals surface area (Å²) >= 11 is 1.43. The molecule has 1 unspecified atom stereocenters. The first kappa shape index (κ1) is 26.8. The van der Waals surface area contributed by atoms with Gasteiger partial charge in [0.25, 0.3) is 5.91 Å². The maximum Gasteiger partial charge on any atom is 0.267 e. The minimum absolute atomic E-state index is 0.0467. The topological polar surface area (TPSA) is 109 Å². The minimum Gasteiger partial charge on any atom is -0.480 e. The van der Waals surface area contributed by atoms with Crippen molar-refractivity contribution in [2.75, 3.05) is 17.3 Å². The van der Waals surface area contributed by atoms with E-state index >= 15 is 0 Å². The van der Waals surface area contributed by atoms with Crippen LogP contribution in [-0.2, 0) is 20.8 Å². The third-order valence-electron chi connectivity index (χ3n) is 5.01. The van der Waals surface area contributed by atoms with E-state index in [0.717, 1.165) is 5.56 Å². The van der Waals surface area contributed by atoms with Crippen LogP contribution in [0.2, 0.25) is 0 Å². The number of para-hydroxylation sites is 1. The van der Waals surface area contributed by atoms with Crippen LogP contribution in [0, 0.1) is 11.8 Å². The van der Waals surface area contributed by atoms with Gasteiger partial charge in [-0.1, -0.05) is 54.5 Å². The zero-order valence-electron chi connectivity index (χ0n) is 19.5. The molecule has 2 aromatic carbocycles. The molecule has 3 aromatic rings. The van der Waals surface area contributed by atoms with Gasteiger partial charge >= 0.3 is 0 Å². The van der Waals surface area contributed by atoms with Crippen molar-refractivity contribution < 1.29 is 23.2 Å². The van der Waals surface area contributed by atoms with Gasteiger partial charge in [0, 0.05) is 29.6 Å². The van der Waals surface area contributed by atoms with Gasteiger partial charge in [-0.15, -0.1) is 5.92 Å². The number of amides is 1. The van der Waals surface area contributed by atoms with E-state index in [2.05, 4.69) is 16.8 Å². The number of aromatic nitrogens is 1. The molecular formula is C26H25N3O5S2. The van der Waals surface area contributed by atoms with Crippen molar-refractivity contribution in [2.24, 2.45) is 0 Å². The second-order valence-electron chi connectivity index (χ2n) is 7.33. The highest BCUT2D eigenvalue weighted by Crippen LogP contribution is 2.27. The molecule has 1 amide bonds. The number of anilines is 1. The smallest absolute Gasteiger partial charge is 0.267 e. The fourth-order valence-corrected chi connectivity index (χ4v) is 5.18. The van der Waals surface area contributed by atoms with E-state index < -0.39 is 22.2 Å². The highest BCUT2D eigenvalue weighted by molar-refractivity contribution is 7.98. The minimum atomic E-state index is -2.82. The maximum atomic E-state index is 12.9. The molecule has 186 valence electrons. The number of benzene rings is 2. The molecule has 3 rings (SSSR count). The molecule has 0 bridgehead atoms. The number of hydroxylamine groups is 1. The summed E-state index contributed by atoms with van der Waals surface area (Å²) in [7, 11) is -2.82. The average molecular weight is 524 g/mol. The van der Waals surface area contributed by atoms with Crippen LogP contribution < -0.4 is 15.1 Å². The Morgan fingerprint density at radius 2 is 1.83 bits per heavy atom. The van der Waals surface area contributed by atoms with E-state index in [1.807, 2.05) is 30.3 Å². The van der Waals surface area contributed by atoms with Crippen molar-refractivity contribution in [3.8, 4) is 17.6 Å². The van der Waals surface area contributed by atoms with Gasteiger partial charge in [-0.3, -0.25) is 15.0 Å². The molecule has 2 N–H and O–H groups in total. The molecule has 1 aromatic heterocycles. The summed E-state index contributed by atoms with van der Waals surface area (Å²) in [6, 6.07) is 18.8. The van der Waals surface area contributed by atoms with Gasteiger partial charge in [0.1, 0.15) is 18.4 Å². The van der Waals surface area contributed by atoms with E-state index in [-0.39, 0.29) is 28.7 Å². The van der Waals surface area contributed by atoms with Crippen LogP contribution in [-0.4, -0.2) is 47.9 Å². The molecular weight excluding hydrogens is 498 g/mol. The zero-order valence-corrected chi connectivity index (χ0v) is 21.1. The van der Waals surface area contributed by atoms with Gasteiger partial charge in [-0.25, -0.2) is 5.48 Å². The third-order valence-corrected chi connectivity index (χ3v) is 6.83. The van der Waals surface area contributed by atoms with Crippen molar-refractivity contribution in [2.45, 2.75) is 18.7 Å². The van der Waals surface area contributed by atoms with Gasteiger partial charge < -0.3 is 9.64 Å². The second kappa shape index (κ2) is 13.9. The molecule has 0 aliphatic heterocycles. The Kier molecular flexibility index (Phi) is 10.4. The molecule has 36 heavy (non-hydrogen) atoms. The van der Waals surface area contributed by atoms with Crippen molar-refractivity contribution in [1.29, 1.82) is 0 Å². The lowest BCUT2D eigenvalue weighted by Gasteiger charge is -2.32. The quantitative estimate of drug-likeness (QED) is 0.181. The number of nitrogens with one attached hydrogen (secondary N) is 1. The molecule has 0 saturated heterocycles. The highest BCUT2D eigenvalue weighted by atomic mass is 32.2. The van der Waals surface area contributed by atoms with Crippen LogP contribution in [0.15, 0.2) is 79.1 Å². The number of rotatable bonds is 10. The van der Waals surface area contributed by atoms with E-state index in [1.54, 1.807) is 42.7 Å². The summed E-state index contributed by atoms with van der Waals surface area (Å²) in [5.74, 6) is 5.75. The number of thioether (sulfide) groups is 1. The van der Waals surface area contributed by atoms with E-state index in [9.17, 15) is 18.4 Å². The molecule has 1 atom stereocenters. The number of nitrogens with zero attached hydrogens (tertiary/aromatic N) is 2. The van der Waals surface area contributed by atoms with Gasteiger partial charge in [0.2, 0.25) is 10.3 Å². The summed E-state index contributed by atoms with van der Waals surface area (Å²) < 4.78 is 31.1. The number of hydrogen-bond acceptors (Lipinski definition) is 7. The fraction of sp³-hybridized carbons (Fsp3) is 0.192. The first-order chi connectivity index (χ1) is 17.6. The Morgan fingerprint density at radius 1 is 1.14 bits per heavy atom. The largest absolute Gasteiger partial charge is 0.480 e. The summed E-state index contributed by atoms with van der Waals surface area (Å²) in [6.45, 7) is 1.72. The predicted molar refractivity (Wildman–Crippen MR) is 141 cm³/mol. The Balaban J connectivity index is 2.08. The Bertz CT molecular complexity index is 1350. The zero-order chi connectivity index (χ0) is 25.8. The first-order valence-corrected chi connectivity index (χ1v) is 13.1. The SMILES string of the molecule is CC#CCOc1ccncc1C(N(c1ccccc1)C(CSCc1ccccc1)C(=O)NO)=S(=O)=O. The number of carbonyl (C=O) groups is 1. The number of ether oxygens (including phenoxy) is 1. The van der Waals surface area contributed by atoms with Crippen molar-refractivity contribution >= 4 is 38.6 Å². The summed E-state index contributed by atoms with van der Waals surface area (Å²) in [4.78, 5) is 18.2. The molecule has 0 fully saturated rings. The molecule has 0 saturated carbocycles. The monoisotopic (exact) mass is 523 g/mol. The van der Waals surface area contributed by atoms with Gasteiger partial charge in [0.15, 0.2) is 4.99 Å². The lowest BCUT2D eigenvalue weighted by molar-refractivity contribution is -0.129. The van der Waals surface area contributed by atoms with E-state index in [4.69, 9.17) is 4.74 Å². The lowest BCUT2D eigenvalue weighted by atomic mass is 10.1. The number of hydrogen-bond donors (Lipinski definition) is 2. The van der Waals surface area contributed by atoms with Crippen LogP contribution in [0.25, 0.3) is 0 Å². The maximum absolute atomic E-state index is 12.9. The lowest BCUT2D eigenvalue weighted by Crippen LogP contribution is -2.51. The van der Waals surface area contributed by atoms with E-state index in [0.29, 0.717) is 11.4 Å². The fourth-order valence-electron chi connectivity index (χ4n) is 3.39. The Hall–Kier alpha value is -3.78. The van der Waals surface area contributed by atoms with Crippen molar-refractivity contribution in [3.05, 3.63) is 90.3 Å². The average Bonchev–Trinajstić information content (AvgIpc) is 2.91. The van der Waals surface area contributed by atoms with Crippen LogP contribution in [0.4, 0.5) is 5.69 Å². The summed E-state index contributed by atoms with van der Waals surface area (Å²) in [6.07, 6.45) is 2.84. The van der Waals surface area contributed by atoms with Crippen LogP contribution in [0.5, 0.6) is 5.75 Å². The molecule has 0 aliphatic rings. The number of carbonyl (C=O) groups excluding carboxylic acids is 1. The Labute approximate surface area is 215 Å². The van der Waals surface area contributed by atoms with Crippen LogP contribution in [0.3, 0.4) is 0 Å². The molecule has 0 aliphatic carbocycles. The standard InChI is InChI=1S/C26H25N3O5S2/c1-2-3-16-34-24-14-15-27-17-22(24)26(36(32)33)29(21-12-8-5-9-13-21)23(25(30)28-31)19-35-18-20-10-6-4-7-11-20/h4-15,17,23,31H,16,18-19H2,1H3,(H,28,30). The predicted octanol–water partition coefficient (Wildman–Crippen LogP) is 3.15. The van der Waals surface area contributed by atoms with Gasteiger partial charge in [-0.05, 0) is 30.7 Å². The molecule has 8 nitrogen and oxygen atoms in total. The molecule has 1 heterocycles. The van der Waals surface area contributed by atoms with Crippen molar-refractivity contribution in [3.63, 3.8) is 0 Å². The third kappa shape index (κ3) is 7.11. The van der Waals surface area contributed by atoms with Crippen LogP contribution in [0.1, 0.15) is 18.1 Å². The molecule has 0 spiro atoms. The highest BCUT2D eigenvalue weighted by Gasteiger charge is 2.33. The first-order valence-electron chi connectivity index (χ1n) is 10.9. The van der Waals surface area contributed by atoms with E-state index in [1.165, 1.54) is 35.1 Å². The van der Waals surface area contributed by atoms with Crippen molar-refractivity contribution in [1.82, 2.24) is 10.5 Å².